The summed E-state index contributed by atoms with van der Waals surface area (Å²) in [5, 5.41) is 15.5. The zero-order valence-electron chi connectivity index (χ0n) is 10.3. The number of nitrogens with zero attached hydrogens (tertiary/aromatic N) is 1. The molecule has 2 nitrogen and oxygen atoms in total. The van der Waals surface area contributed by atoms with E-state index in [0.717, 1.165) is 34.5 Å². The van der Waals surface area contributed by atoms with Crippen LogP contribution in [0.15, 0.2) is 41.2 Å². The molecule has 1 aromatic carbocycles. The van der Waals surface area contributed by atoms with E-state index in [1.54, 1.807) is 11.3 Å². The number of halogens is 1. The summed E-state index contributed by atoms with van der Waals surface area (Å²) in [4.78, 5) is 0. The summed E-state index contributed by atoms with van der Waals surface area (Å²) >= 11 is 7.79. The van der Waals surface area contributed by atoms with Gasteiger partial charge in [0, 0.05) is 34.2 Å². The van der Waals surface area contributed by atoms with Crippen molar-refractivity contribution < 1.29 is 5.11 Å². The molecule has 3 rings (SSSR count). The van der Waals surface area contributed by atoms with Crippen LogP contribution in [0.25, 0.3) is 10.9 Å². The molecule has 0 radical (unpaired) electrons. The lowest BCUT2D eigenvalue weighted by molar-refractivity contribution is 0.283. The van der Waals surface area contributed by atoms with E-state index in [1.807, 2.05) is 24.4 Å². The maximum atomic E-state index is 9.43. The number of rotatable bonds is 4. The van der Waals surface area contributed by atoms with Crippen LogP contribution < -0.4 is 0 Å². The monoisotopic (exact) mass is 291 g/mol. The molecule has 98 valence electrons. The van der Waals surface area contributed by atoms with Crippen LogP contribution in [0.3, 0.4) is 0 Å². The number of hydrogen-bond donors (Lipinski definition) is 1. The highest BCUT2D eigenvalue weighted by Crippen LogP contribution is 2.25. The molecule has 19 heavy (non-hydrogen) atoms. The van der Waals surface area contributed by atoms with Crippen molar-refractivity contribution >= 4 is 33.8 Å². The second-order valence-electron chi connectivity index (χ2n) is 4.55. The molecule has 0 spiro atoms. The van der Waals surface area contributed by atoms with E-state index in [1.165, 1.54) is 5.56 Å². The first-order valence-corrected chi connectivity index (χ1v) is 7.49. The number of benzene rings is 1. The summed E-state index contributed by atoms with van der Waals surface area (Å²) in [5.41, 5.74) is 3.39. The Kier molecular flexibility index (Phi) is 3.60. The second kappa shape index (κ2) is 5.37. The van der Waals surface area contributed by atoms with Gasteiger partial charge in [0.1, 0.15) is 0 Å². The van der Waals surface area contributed by atoms with Gasteiger partial charge in [-0.3, -0.25) is 0 Å². The van der Waals surface area contributed by atoms with Crippen LogP contribution in [-0.2, 0) is 19.6 Å². The van der Waals surface area contributed by atoms with Crippen LogP contribution in [0, 0.1) is 0 Å². The fraction of sp³-hybridized carbons (Fsp3) is 0.200. The molecular weight excluding hydrogens is 278 g/mol. The SMILES string of the molecule is OCc1cn(CCc2ccsc2)c2cc(Cl)ccc12. The summed E-state index contributed by atoms with van der Waals surface area (Å²) < 4.78 is 2.17. The number of aromatic nitrogens is 1. The predicted octanol–water partition coefficient (Wildman–Crippen LogP) is 4.09. The minimum atomic E-state index is 0.0591. The first kappa shape index (κ1) is 12.7. The topological polar surface area (TPSA) is 25.2 Å². The molecule has 0 amide bonds. The lowest BCUT2D eigenvalue weighted by Gasteiger charge is -2.04. The molecule has 0 aliphatic carbocycles. The van der Waals surface area contributed by atoms with E-state index < -0.39 is 0 Å². The van der Waals surface area contributed by atoms with Crippen molar-refractivity contribution in [2.24, 2.45) is 0 Å². The largest absolute Gasteiger partial charge is 0.392 e. The minimum Gasteiger partial charge on any atom is -0.392 e. The molecule has 2 aromatic heterocycles. The summed E-state index contributed by atoms with van der Waals surface area (Å²) in [7, 11) is 0. The molecular formula is C15H14ClNOS. The van der Waals surface area contributed by atoms with E-state index in [2.05, 4.69) is 21.4 Å². The number of aliphatic hydroxyl groups is 1. The third-order valence-electron chi connectivity index (χ3n) is 3.32. The van der Waals surface area contributed by atoms with Crippen molar-refractivity contribution in [2.75, 3.05) is 0 Å². The van der Waals surface area contributed by atoms with Gasteiger partial charge in [-0.1, -0.05) is 17.7 Å². The third-order valence-corrected chi connectivity index (χ3v) is 4.29. The molecule has 1 N–H and O–H groups in total. The van der Waals surface area contributed by atoms with Crippen LogP contribution in [0.1, 0.15) is 11.1 Å². The van der Waals surface area contributed by atoms with Crippen molar-refractivity contribution in [3.63, 3.8) is 0 Å². The summed E-state index contributed by atoms with van der Waals surface area (Å²) in [5.74, 6) is 0. The van der Waals surface area contributed by atoms with Gasteiger partial charge in [-0.05, 0) is 40.9 Å². The van der Waals surface area contributed by atoms with E-state index in [9.17, 15) is 5.11 Å². The molecule has 0 saturated carbocycles. The zero-order valence-corrected chi connectivity index (χ0v) is 11.9. The Hall–Kier alpha value is -1.29. The Labute approximate surface area is 120 Å². The molecule has 2 heterocycles. The normalized spacial score (nSPS) is 11.3. The van der Waals surface area contributed by atoms with Crippen LogP contribution in [0.4, 0.5) is 0 Å². The molecule has 0 bridgehead atoms. The van der Waals surface area contributed by atoms with Crippen molar-refractivity contribution in [1.82, 2.24) is 4.57 Å². The van der Waals surface area contributed by atoms with Gasteiger partial charge in [-0.2, -0.15) is 11.3 Å². The summed E-state index contributed by atoms with van der Waals surface area (Å²) in [6.07, 6.45) is 3.01. The van der Waals surface area contributed by atoms with Gasteiger partial charge in [0.15, 0.2) is 0 Å². The molecule has 0 aliphatic heterocycles. The van der Waals surface area contributed by atoms with E-state index in [4.69, 9.17) is 11.6 Å². The number of thiophene rings is 1. The number of hydrogen-bond acceptors (Lipinski definition) is 2. The highest BCUT2D eigenvalue weighted by atomic mass is 35.5. The van der Waals surface area contributed by atoms with Gasteiger partial charge < -0.3 is 9.67 Å². The Morgan fingerprint density at radius 2 is 2.16 bits per heavy atom. The standard InChI is InChI=1S/C15H14ClNOS/c16-13-1-2-14-12(9-18)8-17(15(14)7-13)5-3-11-4-6-19-10-11/h1-2,4,6-8,10,18H,3,5,9H2. The fourth-order valence-corrected chi connectivity index (χ4v) is 3.21. The Bertz CT molecular complexity index is 688. The lowest BCUT2D eigenvalue weighted by Crippen LogP contribution is -1.98. The Morgan fingerprint density at radius 3 is 2.89 bits per heavy atom. The van der Waals surface area contributed by atoms with Crippen LogP contribution in [0.5, 0.6) is 0 Å². The highest BCUT2D eigenvalue weighted by molar-refractivity contribution is 7.07. The lowest BCUT2D eigenvalue weighted by atomic mass is 10.2. The van der Waals surface area contributed by atoms with Gasteiger partial charge in [0.05, 0.1) is 6.61 Å². The Morgan fingerprint density at radius 1 is 1.26 bits per heavy atom. The zero-order chi connectivity index (χ0) is 13.2. The number of fused-ring (bicyclic) bond motifs is 1. The average Bonchev–Trinajstić information content (AvgIpc) is 3.03. The van der Waals surface area contributed by atoms with Crippen LogP contribution in [-0.4, -0.2) is 9.67 Å². The molecule has 0 unspecified atom stereocenters. The number of aryl methyl sites for hydroxylation is 2. The minimum absolute atomic E-state index is 0.0591. The first-order valence-electron chi connectivity index (χ1n) is 6.17. The van der Waals surface area contributed by atoms with E-state index in [0.29, 0.717) is 0 Å². The maximum absolute atomic E-state index is 9.43. The van der Waals surface area contributed by atoms with Crippen LogP contribution >= 0.6 is 22.9 Å². The van der Waals surface area contributed by atoms with Gasteiger partial charge in [-0.25, -0.2) is 0 Å². The molecule has 0 fully saturated rings. The maximum Gasteiger partial charge on any atom is 0.0702 e. The van der Waals surface area contributed by atoms with Gasteiger partial charge in [0.2, 0.25) is 0 Å². The summed E-state index contributed by atoms with van der Waals surface area (Å²) in [6, 6.07) is 7.95. The number of aliphatic hydroxyl groups excluding tert-OH is 1. The third kappa shape index (κ3) is 2.54. The fourth-order valence-electron chi connectivity index (χ4n) is 2.34. The van der Waals surface area contributed by atoms with Gasteiger partial charge in [-0.15, -0.1) is 0 Å². The quantitative estimate of drug-likeness (QED) is 0.769. The molecule has 4 heteroatoms. The van der Waals surface area contributed by atoms with Crippen molar-refractivity contribution in [2.45, 2.75) is 19.6 Å². The molecule has 0 atom stereocenters. The molecule has 0 saturated heterocycles. The van der Waals surface area contributed by atoms with Crippen LogP contribution in [0.2, 0.25) is 5.02 Å². The highest BCUT2D eigenvalue weighted by Gasteiger charge is 2.08. The average molecular weight is 292 g/mol. The predicted molar refractivity (Wildman–Crippen MR) is 80.9 cm³/mol. The van der Waals surface area contributed by atoms with Crippen molar-refractivity contribution in [1.29, 1.82) is 0 Å². The smallest absolute Gasteiger partial charge is 0.0702 e. The first-order chi connectivity index (χ1) is 9.28. The van der Waals surface area contributed by atoms with E-state index >= 15 is 0 Å². The summed E-state index contributed by atoms with van der Waals surface area (Å²) in [6.45, 7) is 0.956. The second-order valence-corrected chi connectivity index (χ2v) is 5.77. The van der Waals surface area contributed by atoms with E-state index in [-0.39, 0.29) is 6.61 Å². The van der Waals surface area contributed by atoms with Crippen molar-refractivity contribution in [3.05, 3.63) is 57.4 Å². The molecule has 0 aliphatic rings. The van der Waals surface area contributed by atoms with Gasteiger partial charge >= 0.3 is 0 Å². The van der Waals surface area contributed by atoms with Crippen molar-refractivity contribution in [3.8, 4) is 0 Å². The molecule has 3 aromatic rings. The Balaban J connectivity index is 1.95. The van der Waals surface area contributed by atoms with Gasteiger partial charge in [0.25, 0.3) is 0 Å².